The van der Waals surface area contributed by atoms with Gasteiger partial charge in [0.15, 0.2) is 0 Å². The Hall–Kier alpha value is -0.800. The Morgan fingerprint density at radius 1 is 1.18 bits per heavy atom. The van der Waals surface area contributed by atoms with Gasteiger partial charge in [0.05, 0.1) is 26.7 Å². The topological polar surface area (TPSA) is 30.7 Å². The van der Waals surface area contributed by atoms with Gasteiger partial charge in [-0.2, -0.15) is 0 Å². The molecular weight excluding hydrogens is 238 g/mol. The van der Waals surface area contributed by atoms with Crippen molar-refractivity contribution in [3.05, 3.63) is 25.3 Å². The first-order chi connectivity index (χ1) is 7.74. The second kappa shape index (κ2) is 13.3. The predicted octanol–water partition coefficient (Wildman–Crippen LogP) is -2.02. The summed E-state index contributed by atoms with van der Waals surface area (Å²) in [7, 11) is 1.43. The molecule has 3 nitrogen and oxygen atoms in total. The van der Waals surface area contributed by atoms with Crippen LogP contribution in [0, 0.1) is 0 Å². The van der Waals surface area contributed by atoms with Gasteiger partial charge in [0, 0.05) is 6.42 Å². The van der Waals surface area contributed by atoms with E-state index in [-0.39, 0.29) is 18.4 Å². The number of carbonyl (C=O) groups excluding carboxylic acids is 1. The number of hydrogen-bond acceptors (Lipinski definition) is 2. The van der Waals surface area contributed by atoms with Gasteiger partial charge in [-0.15, -0.1) is 0 Å². The summed E-state index contributed by atoms with van der Waals surface area (Å²) in [5, 5.41) is 0. The SMILES string of the molecule is C=CC[NH+](CC=C)CCCCCC(=O)OC.[Cl-]. The Kier molecular flexibility index (Phi) is 14.5. The van der Waals surface area contributed by atoms with Crippen LogP contribution in [0.5, 0.6) is 0 Å². The van der Waals surface area contributed by atoms with Crippen molar-refractivity contribution in [2.75, 3.05) is 26.7 Å². The molecule has 0 aliphatic rings. The molecule has 0 aromatic carbocycles. The zero-order valence-corrected chi connectivity index (χ0v) is 11.5. The highest BCUT2D eigenvalue weighted by Gasteiger charge is 2.04. The van der Waals surface area contributed by atoms with Gasteiger partial charge in [-0.05, 0) is 31.4 Å². The van der Waals surface area contributed by atoms with E-state index >= 15 is 0 Å². The van der Waals surface area contributed by atoms with Crippen LogP contribution < -0.4 is 17.3 Å². The maximum atomic E-state index is 10.9. The number of esters is 1. The largest absolute Gasteiger partial charge is 1.00 e. The summed E-state index contributed by atoms with van der Waals surface area (Å²) in [4.78, 5) is 12.3. The Labute approximate surface area is 111 Å². The summed E-state index contributed by atoms with van der Waals surface area (Å²) in [6.45, 7) is 10.6. The molecule has 0 fully saturated rings. The summed E-state index contributed by atoms with van der Waals surface area (Å²) in [5.41, 5.74) is 0. The molecule has 0 aliphatic heterocycles. The maximum Gasteiger partial charge on any atom is 0.305 e. The van der Waals surface area contributed by atoms with E-state index in [1.165, 1.54) is 12.0 Å². The lowest BCUT2D eigenvalue weighted by Crippen LogP contribution is -3.11. The van der Waals surface area contributed by atoms with Crippen molar-refractivity contribution < 1.29 is 26.8 Å². The molecule has 1 N–H and O–H groups in total. The fourth-order valence-electron chi connectivity index (χ4n) is 1.62. The molecule has 0 saturated heterocycles. The number of halogens is 1. The summed E-state index contributed by atoms with van der Waals surface area (Å²) in [6.07, 6.45) is 7.54. The number of nitrogens with one attached hydrogen (secondary N) is 1. The number of ether oxygens (including phenoxy) is 1. The fraction of sp³-hybridized carbons (Fsp3) is 0.615. The average molecular weight is 262 g/mol. The molecule has 0 atom stereocenters. The van der Waals surface area contributed by atoms with Crippen LogP contribution in [0.25, 0.3) is 0 Å². The minimum atomic E-state index is -0.110. The van der Waals surface area contributed by atoms with E-state index in [0.717, 1.165) is 38.9 Å². The molecule has 0 bridgehead atoms. The minimum Gasteiger partial charge on any atom is -1.00 e. The molecule has 0 spiro atoms. The third-order valence-electron chi connectivity index (χ3n) is 2.50. The van der Waals surface area contributed by atoms with Crippen molar-refractivity contribution in [1.82, 2.24) is 0 Å². The Morgan fingerprint density at radius 3 is 2.24 bits per heavy atom. The number of rotatable bonds is 10. The zero-order chi connectivity index (χ0) is 12.2. The van der Waals surface area contributed by atoms with Gasteiger partial charge in [0.2, 0.25) is 0 Å². The molecule has 0 aromatic heterocycles. The molecule has 0 heterocycles. The van der Waals surface area contributed by atoms with Gasteiger partial charge < -0.3 is 22.0 Å². The van der Waals surface area contributed by atoms with Gasteiger partial charge in [-0.3, -0.25) is 4.79 Å². The molecule has 0 rings (SSSR count). The Bertz CT molecular complexity index is 209. The monoisotopic (exact) mass is 261 g/mol. The first-order valence-corrected chi connectivity index (χ1v) is 5.86. The quantitative estimate of drug-likeness (QED) is 0.280. The first-order valence-electron chi connectivity index (χ1n) is 5.86. The molecule has 0 unspecified atom stereocenters. The molecule has 4 heteroatoms. The second-order valence-corrected chi connectivity index (χ2v) is 3.87. The van der Waals surface area contributed by atoms with E-state index in [1.807, 2.05) is 12.2 Å². The molecule has 0 aromatic rings. The summed E-state index contributed by atoms with van der Waals surface area (Å²) in [6, 6.07) is 0. The number of unbranched alkanes of at least 4 members (excludes halogenated alkanes) is 2. The number of methoxy groups -OCH3 is 1. The highest BCUT2D eigenvalue weighted by molar-refractivity contribution is 5.68. The van der Waals surface area contributed by atoms with Gasteiger partial charge in [-0.25, -0.2) is 0 Å². The summed E-state index contributed by atoms with van der Waals surface area (Å²) >= 11 is 0. The van der Waals surface area contributed by atoms with E-state index < -0.39 is 0 Å². The second-order valence-electron chi connectivity index (χ2n) is 3.87. The third kappa shape index (κ3) is 11.5. The van der Waals surface area contributed by atoms with Crippen LogP contribution in [0.3, 0.4) is 0 Å². The lowest BCUT2D eigenvalue weighted by Gasteiger charge is -2.15. The predicted molar refractivity (Wildman–Crippen MR) is 66.4 cm³/mol. The molecule has 0 aliphatic carbocycles. The lowest BCUT2D eigenvalue weighted by molar-refractivity contribution is -0.888. The van der Waals surface area contributed by atoms with Crippen LogP contribution >= 0.6 is 0 Å². The smallest absolute Gasteiger partial charge is 0.305 e. The molecule has 0 radical (unpaired) electrons. The van der Waals surface area contributed by atoms with E-state index in [0.29, 0.717) is 6.42 Å². The van der Waals surface area contributed by atoms with Crippen molar-refractivity contribution in [2.45, 2.75) is 25.7 Å². The van der Waals surface area contributed by atoms with Crippen molar-refractivity contribution in [1.29, 1.82) is 0 Å². The van der Waals surface area contributed by atoms with Crippen LogP contribution in [-0.2, 0) is 9.53 Å². The normalized spacial score (nSPS) is 9.53. The molecule has 0 saturated carbocycles. The Balaban J connectivity index is 0. The van der Waals surface area contributed by atoms with E-state index in [9.17, 15) is 4.79 Å². The van der Waals surface area contributed by atoms with Crippen LogP contribution in [-0.4, -0.2) is 32.7 Å². The van der Waals surface area contributed by atoms with Crippen molar-refractivity contribution >= 4 is 5.97 Å². The zero-order valence-electron chi connectivity index (χ0n) is 10.7. The van der Waals surface area contributed by atoms with E-state index in [1.54, 1.807) is 0 Å². The fourth-order valence-corrected chi connectivity index (χ4v) is 1.62. The highest BCUT2D eigenvalue weighted by atomic mass is 35.5. The number of carbonyl (C=O) groups is 1. The van der Waals surface area contributed by atoms with Crippen LogP contribution in [0.15, 0.2) is 25.3 Å². The Morgan fingerprint density at radius 2 is 1.76 bits per heavy atom. The molecule has 100 valence electrons. The molecule has 17 heavy (non-hydrogen) atoms. The van der Waals surface area contributed by atoms with Crippen molar-refractivity contribution in [3.63, 3.8) is 0 Å². The highest BCUT2D eigenvalue weighted by Crippen LogP contribution is 1.99. The number of quaternary nitrogens is 1. The summed E-state index contributed by atoms with van der Waals surface area (Å²) in [5.74, 6) is -0.110. The van der Waals surface area contributed by atoms with Gasteiger partial charge in [-0.1, -0.05) is 13.2 Å². The van der Waals surface area contributed by atoms with Crippen molar-refractivity contribution in [2.24, 2.45) is 0 Å². The average Bonchev–Trinajstić information content (AvgIpc) is 2.28. The van der Waals surface area contributed by atoms with Crippen LogP contribution in [0.4, 0.5) is 0 Å². The van der Waals surface area contributed by atoms with Crippen LogP contribution in [0.2, 0.25) is 0 Å². The van der Waals surface area contributed by atoms with Crippen molar-refractivity contribution in [3.8, 4) is 0 Å². The van der Waals surface area contributed by atoms with Crippen LogP contribution in [0.1, 0.15) is 25.7 Å². The number of hydrogen-bond donors (Lipinski definition) is 1. The minimum absolute atomic E-state index is 0. The first kappa shape index (κ1) is 18.6. The van der Waals surface area contributed by atoms with E-state index in [4.69, 9.17) is 0 Å². The van der Waals surface area contributed by atoms with Gasteiger partial charge in [0.1, 0.15) is 0 Å². The van der Waals surface area contributed by atoms with Gasteiger partial charge >= 0.3 is 5.97 Å². The standard InChI is InChI=1S/C13H23NO2.ClH/c1-4-10-14(11-5-2)12-8-6-7-9-13(15)16-3;/h4-5H,1-2,6-12H2,3H3;1H. The summed E-state index contributed by atoms with van der Waals surface area (Å²) < 4.78 is 4.58. The lowest BCUT2D eigenvalue weighted by atomic mass is 10.2. The molecular formula is C13H24ClNO2. The third-order valence-corrected chi connectivity index (χ3v) is 2.50. The van der Waals surface area contributed by atoms with Gasteiger partial charge in [0.25, 0.3) is 0 Å². The maximum absolute atomic E-state index is 10.9. The molecule has 0 amide bonds. The van der Waals surface area contributed by atoms with E-state index in [2.05, 4.69) is 17.9 Å².